The van der Waals surface area contributed by atoms with Crippen molar-refractivity contribution in [2.24, 2.45) is 5.10 Å². The van der Waals surface area contributed by atoms with Gasteiger partial charge < -0.3 is 20.7 Å². The number of hydrazone groups is 1. The lowest BCUT2D eigenvalue weighted by Crippen LogP contribution is -2.37. The number of likely N-dealkylation sites (N-methyl/N-ethyl adjacent to an activating group) is 1. The Hall–Kier alpha value is -3.88. The highest BCUT2D eigenvalue weighted by Crippen LogP contribution is 2.12. The van der Waals surface area contributed by atoms with E-state index in [9.17, 15) is 14.4 Å². The standard InChI is InChI=1S/C26H35N5O4/c1-4-19-7-11-21(12-8-19)25(33)30-22(5-2)17-29-31-26(34)28-16-15-20-9-13-23(14-10-20)35-18-24(32)27-6-3/h7-14,17,22H,4-6,15-16,18H2,1-3H3,(H,27,32)(H,30,33)(H2,28,31,34)/b29-17-/t22-/m0/s1. The number of urea groups is 1. The summed E-state index contributed by atoms with van der Waals surface area (Å²) < 4.78 is 5.42. The van der Waals surface area contributed by atoms with E-state index in [4.69, 9.17) is 4.74 Å². The van der Waals surface area contributed by atoms with Crippen LogP contribution in [0.15, 0.2) is 53.6 Å². The van der Waals surface area contributed by atoms with E-state index < -0.39 is 6.03 Å². The number of ether oxygens (including phenoxy) is 1. The minimum absolute atomic E-state index is 0.0238. The summed E-state index contributed by atoms with van der Waals surface area (Å²) in [5.41, 5.74) is 5.19. The van der Waals surface area contributed by atoms with E-state index in [0.29, 0.717) is 37.2 Å². The molecule has 35 heavy (non-hydrogen) atoms. The second-order valence-corrected chi connectivity index (χ2v) is 7.82. The van der Waals surface area contributed by atoms with Crippen molar-refractivity contribution in [3.05, 3.63) is 65.2 Å². The molecule has 0 aliphatic heterocycles. The van der Waals surface area contributed by atoms with Crippen molar-refractivity contribution in [2.45, 2.75) is 46.1 Å². The molecule has 0 aromatic heterocycles. The zero-order valence-electron chi connectivity index (χ0n) is 20.6. The lowest BCUT2D eigenvalue weighted by atomic mass is 10.1. The molecule has 4 amide bonds. The second kappa shape index (κ2) is 15.1. The monoisotopic (exact) mass is 481 g/mol. The van der Waals surface area contributed by atoms with Crippen molar-refractivity contribution in [2.75, 3.05) is 19.7 Å². The molecule has 0 aliphatic carbocycles. The Balaban J connectivity index is 1.69. The van der Waals surface area contributed by atoms with Gasteiger partial charge in [-0.1, -0.05) is 38.1 Å². The Bertz CT molecular complexity index is 974. The van der Waals surface area contributed by atoms with Crippen LogP contribution < -0.4 is 26.1 Å². The number of hydrogen-bond acceptors (Lipinski definition) is 5. The lowest BCUT2D eigenvalue weighted by Gasteiger charge is -2.12. The van der Waals surface area contributed by atoms with Crippen LogP contribution in [-0.2, 0) is 17.6 Å². The van der Waals surface area contributed by atoms with E-state index in [1.54, 1.807) is 24.3 Å². The van der Waals surface area contributed by atoms with Crippen molar-refractivity contribution in [1.82, 2.24) is 21.4 Å². The summed E-state index contributed by atoms with van der Waals surface area (Å²) in [5, 5.41) is 12.2. The van der Waals surface area contributed by atoms with Gasteiger partial charge in [0.15, 0.2) is 6.61 Å². The Morgan fingerprint density at radius 3 is 2.26 bits per heavy atom. The quantitative estimate of drug-likeness (QED) is 0.260. The third-order valence-electron chi connectivity index (χ3n) is 5.17. The fraction of sp³-hybridized carbons (Fsp3) is 0.385. The molecule has 9 heteroatoms. The number of nitrogens with one attached hydrogen (secondary N) is 4. The van der Waals surface area contributed by atoms with Crippen LogP contribution in [0.2, 0.25) is 0 Å². The van der Waals surface area contributed by atoms with Crippen molar-refractivity contribution in [1.29, 1.82) is 0 Å². The molecular formula is C26H35N5O4. The minimum Gasteiger partial charge on any atom is -0.484 e. The summed E-state index contributed by atoms with van der Waals surface area (Å²) >= 11 is 0. The molecular weight excluding hydrogens is 446 g/mol. The third kappa shape index (κ3) is 10.3. The van der Waals surface area contributed by atoms with Crippen LogP contribution in [0.1, 0.15) is 48.7 Å². The van der Waals surface area contributed by atoms with Crippen molar-refractivity contribution >= 4 is 24.1 Å². The SMILES string of the molecule is CCNC(=O)COc1ccc(CCNC(=O)N/N=C\[C@H](CC)NC(=O)c2ccc(CC)cc2)cc1. The van der Waals surface area contributed by atoms with Gasteiger partial charge in [0.2, 0.25) is 0 Å². The molecule has 0 unspecified atom stereocenters. The van der Waals surface area contributed by atoms with Gasteiger partial charge in [-0.3, -0.25) is 9.59 Å². The van der Waals surface area contributed by atoms with Crippen LogP contribution in [0, 0.1) is 0 Å². The first-order valence-electron chi connectivity index (χ1n) is 11.9. The van der Waals surface area contributed by atoms with Crippen LogP contribution in [0.5, 0.6) is 5.75 Å². The van der Waals surface area contributed by atoms with Crippen LogP contribution >= 0.6 is 0 Å². The predicted octanol–water partition coefficient (Wildman–Crippen LogP) is 2.80. The van der Waals surface area contributed by atoms with Crippen molar-refractivity contribution in [3.8, 4) is 5.75 Å². The number of nitrogens with zero attached hydrogens (tertiary/aromatic N) is 1. The molecule has 0 fully saturated rings. The van der Waals surface area contributed by atoms with Crippen LogP contribution in [0.4, 0.5) is 4.79 Å². The fourth-order valence-corrected chi connectivity index (χ4v) is 3.08. The molecule has 2 aromatic rings. The van der Waals surface area contributed by atoms with Crippen molar-refractivity contribution < 1.29 is 19.1 Å². The third-order valence-corrected chi connectivity index (χ3v) is 5.17. The van der Waals surface area contributed by atoms with Crippen LogP contribution in [0.3, 0.4) is 0 Å². The van der Waals surface area contributed by atoms with Crippen molar-refractivity contribution in [3.63, 3.8) is 0 Å². The molecule has 0 heterocycles. The molecule has 0 saturated carbocycles. The molecule has 2 aromatic carbocycles. The number of benzene rings is 2. The molecule has 0 bridgehead atoms. The first-order chi connectivity index (χ1) is 16.9. The number of carbonyl (C=O) groups is 3. The van der Waals surface area contributed by atoms with Crippen LogP contribution in [0.25, 0.3) is 0 Å². The minimum atomic E-state index is -0.431. The highest BCUT2D eigenvalue weighted by molar-refractivity contribution is 5.96. The largest absolute Gasteiger partial charge is 0.484 e. The molecule has 1 atom stereocenters. The molecule has 188 valence electrons. The molecule has 4 N–H and O–H groups in total. The topological polar surface area (TPSA) is 121 Å². The van der Waals surface area contributed by atoms with Gasteiger partial charge in [0, 0.05) is 24.9 Å². The Morgan fingerprint density at radius 1 is 0.943 bits per heavy atom. The summed E-state index contributed by atoms with van der Waals surface area (Å²) in [6.07, 6.45) is 3.69. The highest BCUT2D eigenvalue weighted by atomic mass is 16.5. The molecule has 9 nitrogen and oxygen atoms in total. The van der Waals surface area contributed by atoms with E-state index in [-0.39, 0.29) is 24.5 Å². The number of amides is 4. The summed E-state index contributed by atoms with van der Waals surface area (Å²) in [7, 11) is 0. The smallest absolute Gasteiger partial charge is 0.335 e. The van der Waals surface area contributed by atoms with Gasteiger partial charge >= 0.3 is 6.03 Å². The lowest BCUT2D eigenvalue weighted by molar-refractivity contribution is -0.122. The van der Waals surface area contributed by atoms with Gasteiger partial charge in [0.05, 0.1) is 6.04 Å². The molecule has 0 aliphatic rings. The first-order valence-corrected chi connectivity index (χ1v) is 11.9. The first kappa shape index (κ1) is 27.4. The zero-order chi connectivity index (χ0) is 25.5. The van der Waals surface area contributed by atoms with Gasteiger partial charge in [-0.15, -0.1) is 0 Å². The fourth-order valence-electron chi connectivity index (χ4n) is 3.08. The van der Waals surface area contributed by atoms with Gasteiger partial charge in [-0.2, -0.15) is 5.10 Å². The summed E-state index contributed by atoms with van der Waals surface area (Å²) in [6.45, 7) is 6.80. The normalized spacial score (nSPS) is 11.5. The van der Waals surface area contributed by atoms with Crippen LogP contribution in [-0.4, -0.2) is 49.8 Å². The average Bonchev–Trinajstić information content (AvgIpc) is 2.87. The Kier molecular flexibility index (Phi) is 11.8. The maximum absolute atomic E-state index is 12.4. The summed E-state index contributed by atoms with van der Waals surface area (Å²) in [6, 6.07) is 14.1. The molecule has 0 radical (unpaired) electrons. The maximum Gasteiger partial charge on any atom is 0.335 e. The molecule has 0 spiro atoms. The number of rotatable bonds is 13. The van der Waals surface area contributed by atoms with E-state index in [1.807, 2.05) is 38.1 Å². The Labute approximate surface area is 206 Å². The zero-order valence-corrected chi connectivity index (χ0v) is 20.6. The van der Waals surface area contributed by atoms with Gasteiger partial charge in [0.25, 0.3) is 11.8 Å². The van der Waals surface area contributed by atoms with E-state index in [2.05, 4.69) is 33.4 Å². The van der Waals surface area contributed by atoms with Gasteiger partial charge in [0.1, 0.15) is 5.75 Å². The highest BCUT2D eigenvalue weighted by Gasteiger charge is 2.10. The summed E-state index contributed by atoms with van der Waals surface area (Å²) in [4.78, 5) is 35.8. The second-order valence-electron chi connectivity index (χ2n) is 7.82. The van der Waals surface area contributed by atoms with E-state index in [0.717, 1.165) is 12.0 Å². The summed E-state index contributed by atoms with van der Waals surface area (Å²) in [5.74, 6) is 0.260. The number of aryl methyl sites for hydroxylation is 1. The van der Waals surface area contributed by atoms with E-state index >= 15 is 0 Å². The van der Waals surface area contributed by atoms with E-state index in [1.165, 1.54) is 11.8 Å². The average molecular weight is 482 g/mol. The van der Waals surface area contributed by atoms with Gasteiger partial charge in [-0.25, -0.2) is 10.2 Å². The molecule has 0 saturated heterocycles. The maximum atomic E-state index is 12.4. The Morgan fingerprint density at radius 2 is 1.63 bits per heavy atom. The van der Waals surface area contributed by atoms with Gasteiger partial charge in [-0.05, 0) is 61.6 Å². The predicted molar refractivity (Wildman–Crippen MR) is 137 cm³/mol. The number of hydrogen-bond donors (Lipinski definition) is 4. The molecule has 2 rings (SSSR count). The number of carbonyl (C=O) groups excluding carboxylic acids is 3.